The van der Waals surface area contributed by atoms with E-state index in [9.17, 15) is 14.7 Å². The lowest BCUT2D eigenvalue weighted by Gasteiger charge is -2.41. The maximum atomic E-state index is 12.8. The van der Waals surface area contributed by atoms with E-state index in [1.165, 1.54) is 4.90 Å². The van der Waals surface area contributed by atoms with Crippen LogP contribution >= 0.6 is 0 Å². The first-order chi connectivity index (χ1) is 11.4. The number of hydrogen-bond donors (Lipinski definition) is 1. The van der Waals surface area contributed by atoms with Crippen LogP contribution < -0.4 is 4.74 Å². The van der Waals surface area contributed by atoms with Crippen molar-refractivity contribution >= 4 is 11.9 Å². The minimum Gasteiger partial charge on any atom is -0.491 e. The fourth-order valence-corrected chi connectivity index (χ4v) is 3.37. The molecule has 0 heterocycles. The Morgan fingerprint density at radius 2 is 1.83 bits per heavy atom. The summed E-state index contributed by atoms with van der Waals surface area (Å²) in [5.74, 6) is -0.397. The number of nitrogens with zero attached hydrogens (tertiary/aromatic N) is 1. The Hall–Kier alpha value is -2.04. The minimum absolute atomic E-state index is 0.0164. The van der Waals surface area contributed by atoms with Crippen molar-refractivity contribution in [2.45, 2.75) is 64.0 Å². The molecule has 1 aliphatic rings. The Morgan fingerprint density at radius 3 is 2.42 bits per heavy atom. The van der Waals surface area contributed by atoms with Gasteiger partial charge < -0.3 is 14.7 Å². The third kappa shape index (κ3) is 3.89. The molecule has 1 amide bonds. The standard InChI is InChI=1S/C19H27NO4/c1-14(2)24-16-10-6-5-9-15(16)13-17(21)20(3)19(18(22)23)11-7-4-8-12-19/h5-6,9-10,14H,4,7-8,11-13H2,1-3H3,(H,22,23). The molecular weight excluding hydrogens is 306 g/mol. The summed E-state index contributed by atoms with van der Waals surface area (Å²) in [4.78, 5) is 26.1. The van der Waals surface area contributed by atoms with Crippen LogP contribution in [-0.4, -0.2) is 40.6 Å². The number of para-hydroxylation sites is 1. The van der Waals surface area contributed by atoms with Crippen LogP contribution in [0.2, 0.25) is 0 Å². The van der Waals surface area contributed by atoms with Crippen LogP contribution in [0.3, 0.4) is 0 Å². The Balaban J connectivity index is 2.18. The molecule has 0 atom stereocenters. The van der Waals surface area contributed by atoms with Crippen LogP contribution in [-0.2, 0) is 16.0 Å². The summed E-state index contributed by atoms with van der Waals surface area (Å²) in [5.41, 5.74) is -0.275. The van der Waals surface area contributed by atoms with Crippen molar-refractivity contribution in [3.63, 3.8) is 0 Å². The number of ether oxygens (including phenoxy) is 1. The summed E-state index contributed by atoms with van der Waals surface area (Å²) in [6.45, 7) is 3.87. The van der Waals surface area contributed by atoms with Crippen LogP contribution in [0.5, 0.6) is 5.75 Å². The van der Waals surface area contributed by atoms with Gasteiger partial charge in [0.15, 0.2) is 0 Å². The zero-order valence-corrected chi connectivity index (χ0v) is 14.7. The van der Waals surface area contributed by atoms with Crippen molar-refractivity contribution < 1.29 is 19.4 Å². The lowest BCUT2D eigenvalue weighted by atomic mass is 9.80. The number of carboxylic acids is 1. The number of carbonyl (C=O) groups is 2. The minimum atomic E-state index is -1.07. The Bertz CT molecular complexity index is 591. The third-order valence-electron chi connectivity index (χ3n) is 4.77. The smallest absolute Gasteiger partial charge is 0.329 e. The number of carbonyl (C=O) groups excluding carboxylic acids is 1. The van der Waals surface area contributed by atoms with Crippen molar-refractivity contribution in [2.24, 2.45) is 0 Å². The van der Waals surface area contributed by atoms with E-state index in [2.05, 4.69) is 0 Å². The second-order valence-electron chi connectivity index (χ2n) is 6.80. The molecule has 0 radical (unpaired) electrons. The highest BCUT2D eigenvalue weighted by Crippen LogP contribution is 2.34. The van der Waals surface area contributed by atoms with Gasteiger partial charge in [0.25, 0.3) is 0 Å². The van der Waals surface area contributed by atoms with Gasteiger partial charge in [-0.2, -0.15) is 0 Å². The van der Waals surface area contributed by atoms with Gasteiger partial charge in [0.2, 0.25) is 5.91 Å². The second kappa shape index (κ2) is 7.69. The summed E-state index contributed by atoms with van der Waals surface area (Å²) in [7, 11) is 1.62. The van der Waals surface area contributed by atoms with Gasteiger partial charge in [-0.1, -0.05) is 37.5 Å². The first kappa shape index (κ1) is 18.3. The van der Waals surface area contributed by atoms with E-state index in [0.717, 1.165) is 24.8 Å². The first-order valence-corrected chi connectivity index (χ1v) is 8.61. The number of amides is 1. The van der Waals surface area contributed by atoms with E-state index in [-0.39, 0.29) is 18.4 Å². The normalized spacial score (nSPS) is 16.7. The number of likely N-dealkylation sites (N-methyl/N-ethyl adjacent to an activating group) is 1. The number of carboxylic acid groups (broad SMARTS) is 1. The molecule has 0 saturated heterocycles. The third-order valence-corrected chi connectivity index (χ3v) is 4.77. The summed E-state index contributed by atoms with van der Waals surface area (Å²) < 4.78 is 5.76. The highest BCUT2D eigenvalue weighted by Gasteiger charge is 2.45. The molecule has 2 rings (SSSR count). The van der Waals surface area contributed by atoms with E-state index in [4.69, 9.17) is 4.74 Å². The van der Waals surface area contributed by atoms with Gasteiger partial charge in [0, 0.05) is 12.6 Å². The zero-order chi connectivity index (χ0) is 17.7. The molecule has 5 heteroatoms. The Morgan fingerprint density at radius 1 is 1.21 bits per heavy atom. The average molecular weight is 333 g/mol. The summed E-state index contributed by atoms with van der Waals surface area (Å²) in [6, 6.07) is 7.44. The number of benzene rings is 1. The highest BCUT2D eigenvalue weighted by atomic mass is 16.5. The van der Waals surface area contributed by atoms with Crippen LogP contribution in [0.4, 0.5) is 0 Å². The second-order valence-corrected chi connectivity index (χ2v) is 6.80. The highest BCUT2D eigenvalue weighted by molar-refractivity contribution is 5.88. The molecule has 1 aromatic rings. The quantitative estimate of drug-likeness (QED) is 0.868. The van der Waals surface area contributed by atoms with Gasteiger partial charge in [-0.05, 0) is 32.8 Å². The molecule has 0 spiro atoms. The van der Waals surface area contributed by atoms with E-state index >= 15 is 0 Å². The van der Waals surface area contributed by atoms with Crippen LogP contribution in [0.1, 0.15) is 51.5 Å². The molecule has 0 unspecified atom stereocenters. The van der Waals surface area contributed by atoms with Gasteiger partial charge >= 0.3 is 5.97 Å². The number of rotatable bonds is 6. The van der Waals surface area contributed by atoms with Crippen molar-refractivity contribution in [2.75, 3.05) is 7.05 Å². The van der Waals surface area contributed by atoms with Crippen molar-refractivity contribution in [1.29, 1.82) is 0 Å². The van der Waals surface area contributed by atoms with Crippen LogP contribution in [0, 0.1) is 0 Å². The molecule has 0 aromatic heterocycles. The fraction of sp³-hybridized carbons (Fsp3) is 0.579. The van der Waals surface area contributed by atoms with Crippen molar-refractivity contribution in [1.82, 2.24) is 4.90 Å². The van der Waals surface area contributed by atoms with Gasteiger partial charge in [-0.25, -0.2) is 4.79 Å². The fourth-order valence-electron chi connectivity index (χ4n) is 3.37. The molecule has 24 heavy (non-hydrogen) atoms. The van der Waals surface area contributed by atoms with Gasteiger partial charge in [-0.15, -0.1) is 0 Å². The van der Waals surface area contributed by atoms with E-state index in [1.807, 2.05) is 38.1 Å². The largest absolute Gasteiger partial charge is 0.491 e. The average Bonchev–Trinajstić information content (AvgIpc) is 2.56. The van der Waals surface area contributed by atoms with Crippen LogP contribution in [0.15, 0.2) is 24.3 Å². The van der Waals surface area contributed by atoms with Crippen molar-refractivity contribution in [3.05, 3.63) is 29.8 Å². The molecule has 5 nitrogen and oxygen atoms in total. The molecule has 1 saturated carbocycles. The molecule has 1 aliphatic carbocycles. The predicted octanol–water partition coefficient (Wildman–Crippen LogP) is 3.26. The topological polar surface area (TPSA) is 66.8 Å². The monoisotopic (exact) mass is 333 g/mol. The molecule has 1 aromatic carbocycles. The summed E-state index contributed by atoms with van der Waals surface area (Å²) >= 11 is 0. The molecule has 132 valence electrons. The lowest BCUT2D eigenvalue weighted by molar-refractivity contribution is -0.160. The van der Waals surface area contributed by atoms with E-state index < -0.39 is 11.5 Å². The number of aliphatic carboxylic acids is 1. The maximum Gasteiger partial charge on any atom is 0.329 e. The predicted molar refractivity (Wildman–Crippen MR) is 92.1 cm³/mol. The molecule has 0 aliphatic heterocycles. The molecule has 1 N–H and O–H groups in total. The molecule has 0 bridgehead atoms. The van der Waals surface area contributed by atoms with Gasteiger partial charge in [0.1, 0.15) is 11.3 Å². The number of hydrogen-bond acceptors (Lipinski definition) is 3. The Kier molecular flexibility index (Phi) is 5.86. The van der Waals surface area contributed by atoms with Crippen LogP contribution in [0.25, 0.3) is 0 Å². The lowest BCUT2D eigenvalue weighted by Crippen LogP contribution is -2.56. The summed E-state index contributed by atoms with van der Waals surface area (Å²) in [5, 5.41) is 9.73. The molecular formula is C19H27NO4. The first-order valence-electron chi connectivity index (χ1n) is 8.61. The van der Waals surface area contributed by atoms with Crippen molar-refractivity contribution in [3.8, 4) is 5.75 Å². The van der Waals surface area contributed by atoms with E-state index in [1.54, 1.807) is 7.05 Å². The summed E-state index contributed by atoms with van der Waals surface area (Å²) in [6.07, 6.45) is 3.93. The zero-order valence-electron chi connectivity index (χ0n) is 14.7. The Labute approximate surface area is 143 Å². The van der Waals surface area contributed by atoms with Gasteiger partial charge in [0.05, 0.1) is 12.5 Å². The molecule has 1 fully saturated rings. The maximum absolute atomic E-state index is 12.8. The van der Waals surface area contributed by atoms with E-state index in [0.29, 0.717) is 18.6 Å². The SMILES string of the molecule is CC(C)Oc1ccccc1CC(=O)N(C)C1(C(=O)O)CCCCC1. The van der Waals surface area contributed by atoms with Gasteiger partial charge in [-0.3, -0.25) is 4.79 Å².